The molecule has 90 valence electrons. The van der Waals surface area contributed by atoms with Crippen molar-refractivity contribution in [3.63, 3.8) is 0 Å². The van der Waals surface area contributed by atoms with E-state index < -0.39 is 0 Å². The fourth-order valence-electron chi connectivity index (χ4n) is 1.96. The summed E-state index contributed by atoms with van der Waals surface area (Å²) in [5, 5.41) is 3.81. The molecule has 0 unspecified atom stereocenters. The highest BCUT2D eigenvalue weighted by molar-refractivity contribution is 6.33. The molecule has 2 N–H and O–H groups in total. The number of benzene rings is 1. The van der Waals surface area contributed by atoms with Crippen molar-refractivity contribution in [3.8, 4) is 11.3 Å². The van der Waals surface area contributed by atoms with Crippen LogP contribution in [0.15, 0.2) is 42.6 Å². The first-order valence-electron chi connectivity index (χ1n) is 5.70. The third-order valence-electron chi connectivity index (χ3n) is 2.94. The number of fused-ring (bicyclic) bond motifs is 1. The van der Waals surface area contributed by atoms with E-state index in [1.165, 1.54) is 0 Å². The number of nitrogens with one attached hydrogen (secondary N) is 2. The van der Waals surface area contributed by atoms with Crippen LogP contribution in [-0.2, 0) is 0 Å². The van der Waals surface area contributed by atoms with Crippen LogP contribution in [0.5, 0.6) is 0 Å². The van der Waals surface area contributed by atoms with Gasteiger partial charge in [0.15, 0.2) is 0 Å². The molecule has 0 spiro atoms. The summed E-state index contributed by atoms with van der Waals surface area (Å²) in [6.45, 7) is 0. The summed E-state index contributed by atoms with van der Waals surface area (Å²) in [6.07, 6.45) is 1.88. The highest BCUT2D eigenvalue weighted by Gasteiger charge is 2.07. The highest BCUT2D eigenvalue weighted by Crippen LogP contribution is 2.30. The summed E-state index contributed by atoms with van der Waals surface area (Å²) >= 11 is 6.24. The van der Waals surface area contributed by atoms with E-state index in [0.717, 1.165) is 28.0 Å². The number of rotatable bonds is 2. The lowest BCUT2D eigenvalue weighted by atomic mass is 10.1. The number of halogens is 1. The lowest BCUT2D eigenvalue weighted by Crippen LogP contribution is -1.90. The summed E-state index contributed by atoms with van der Waals surface area (Å²) in [6, 6.07) is 11.8. The Morgan fingerprint density at radius 2 is 2.06 bits per heavy atom. The monoisotopic (exact) mass is 257 g/mol. The van der Waals surface area contributed by atoms with Crippen LogP contribution < -0.4 is 5.32 Å². The Morgan fingerprint density at radius 1 is 1.17 bits per heavy atom. The second kappa shape index (κ2) is 4.35. The van der Waals surface area contributed by atoms with Crippen LogP contribution in [0.25, 0.3) is 22.3 Å². The van der Waals surface area contributed by atoms with Crippen molar-refractivity contribution in [2.24, 2.45) is 0 Å². The molecule has 0 amide bonds. The Hall–Kier alpha value is -2.00. The fourth-order valence-corrected chi connectivity index (χ4v) is 2.18. The average molecular weight is 258 g/mol. The minimum atomic E-state index is 0.705. The third-order valence-corrected chi connectivity index (χ3v) is 3.27. The van der Waals surface area contributed by atoms with Crippen molar-refractivity contribution in [2.75, 3.05) is 12.4 Å². The van der Waals surface area contributed by atoms with E-state index >= 15 is 0 Å². The van der Waals surface area contributed by atoms with Crippen molar-refractivity contribution < 1.29 is 0 Å². The van der Waals surface area contributed by atoms with Crippen molar-refractivity contribution in [3.05, 3.63) is 47.6 Å². The number of aromatic amines is 1. The third kappa shape index (κ3) is 1.83. The van der Waals surface area contributed by atoms with Gasteiger partial charge in [0.2, 0.25) is 0 Å². The maximum Gasteiger partial charge on any atom is 0.0886 e. The van der Waals surface area contributed by atoms with Crippen LogP contribution in [0.4, 0.5) is 5.69 Å². The van der Waals surface area contributed by atoms with Gasteiger partial charge >= 0.3 is 0 Å². The van der Waals surface area contributed by atoms with E-state index in [0.29, 0.717) is 5.02 Å². The smallest absolute Gasteiger partial charge is 0.0886 e. The first kappa shape index (κ1) is 11.1. The Bertz CT molecular complexity index is 703. The lowest BCUT2D eigenvalue weighted by Gasteiger charge is -2.07. The molecular weight excluding hydrogens is 246 g/mol. The maximum atomic E-state index is 6.24. The zero-order chi connectivity index (χ0) is 12.5. The van der Waals surface area contributed by atoms with E-state index in [1.807, 2.05) is 49.6 Å². The van der Waals surface area contributed by atoms with E-state index in [9.17, 15) is 0 Å². The average Bonchev–Trinajstić information content (AvgIpc) is 2.86. The summed E-state index contributed by atoms with van der Waals surface area (Å²) in [4.78, 5) is 7.73. The molecule has 4 heteroatoms. The van der Waals surface area contributed by atoms with Gasteiger partial charge in [0.25, 0.3) is 0 Å². The predicted molar refractivity (Wildman–Crippen MR) is 76.1 cm³/mol. The van der Waals surface area contributed by atoms with Gasteiger partial charge in [-0.2, -0.15) is 0 Å². The first-order chi connectivity index (χ1) is 8.78. The van der Waals surface area contributed by atoms with Crippen LogP contribution in [0, 0.1) is 0 Å². The molecule has 0 bridgehead atoms. The molecule has 0 radical (unpaired) electrons. The van der Waals surface area contributed by atoms with Crippen LogP contribution >= 0.6 is 11.6 Å². The molecule has 3 nitrogen and oxygen atoms in total. The van der Waals surface area contributed by atoms with E-state index in [4.69, 9.17) is 11.6 Å². The Kier molecular flexibility index (Phi) is 2.68. The number of pyridine rings is 1. The fraction of sp³-hybridized carbons (Fsp3) is 0.0714. The quantitative estimate of drug-likeness (QED) is 0.730. The first-order valence-corrected chi connectivity index (χ1v) is 6.07. The van der Waals surface area contributed by atoms with Gasteiger partial charge in [0.1, 0.15) is 0 Å². The molecule has 0 aliphatic heterocycles. The normalized spacial score (nSPS) is 10.8. The molecule has 0 saturated heterocycles. The topological polar surface area (TPSA) is 40.7 Å². The SMILES string of the molecule is CNc1ccc(Cl)c(-c2ccc3[nH]ccc3n2)c1. The van der Waals surface area contributed by atoms with Gasteiger partial charge in [-0.1, -0.05) is 11.6 Å². The van der Waals surface area contributed by atoms with Crippen molar-refractivity contribution in [1.82, 2.24) is 9.97 Å². The van der Waals surface area contributed by atoms with Gasteiger partial charge in [-0.3, -0.25) is 0 Å². The van der Waals surface area contributed by atoms with Crippen LogP contribution in [0.3, 0.4) is 0 Å². The molecule has 3 rings (SSSR count). The van der Waals surface area contributed by atoms with Crippen molar-refractivity contribution in [2.45, 2.75) is 0 Å². The van der Waals surface area contributed by atoms with Crippen LogP contribution in [0.1, 0.15) is 0 Å². The van der Waals surface area contributed by atoms with Gasteiger partial charge < -0.3 is 10.3 Å². The molecule has 0 saturated carbocycles. The zero-order valence-electron chi connectivity index (χ0n) is 9.87. The van der Waals surface area contributed by atoms with Gasteiger partial charge in [-0.15, -0.1) is 0 Å². The molecule has 2 aromatic heterocycles. The Labute approximate surface area is 110 Å². The number of hydrogen-bond donors (Lipinski definition) is 2. The minimum Gasteiger partial charge on any atom is -0.388 e. The molecule has 0 aliphatic carbocycles. The number of hydrogen-bond acceptors (Lipinski definition) is 2. The second-order valence-electron chi connectivity index (χ2n) is 4.05. The molecule has 0 fully saturated rings. The maximum absolute atomic E-state index is 6.24. The van der Waals surface area contributed by atoms with Crippen molar-refractivity contribution in [1.29, 1.82) is 0 Å². The predicted octanol–water partition coefficient (Wildman–Crippen LogP) is 3.93. The molecule has 18 heavy (non-hydrogen) atoms. The molecule has 0 aliphatic rings. The van der Waals surface area contributed by atoms with Crippen molar-refractivity contribution >= 4 is 28.3 Å². The lowest BCUT2D eigenvalue weighted by molar-refractivity contribution is 1.39. The number of aromatic nitrogens is 2. The van der Waals surface area contributed by atoms with Gasteiger partial charge in [-0.25, -0.2) is 4.98 Å². The summed E-state index contributed by atoms with van der Waals surface area (Å²) < 4.78 is 0. The molecule has 1 aromatic carbocycles. The van der Waals surface area contributed by atoms with Crippen LogP contribution in [-0.4, -0.2) is 17.0 Å². The van der Waals surface area contributed by atoms with Gasteiger partial charge in [0.05, 0.1) is 21.7 Å². The standard InChI is InChI=1S/C14H12ClN3/c1-16-9-2-3-11(15)10(8-9)12-4-5-13-14(18-12)6-7-17-13/h2-8,16-17H,1H3. The summed E-state index contributed by atoms with van der Waals surface area (Å²) in [7, 11) is 1.88. The molecule has 2 heterocycles. The number of H-pyrrole nitrogens is 1. The summed E-state index contributed by atoms with van der Waals surface area (Å²) in [5.74, 6) is 0. The molecule has 0 atom stereocenters. The minimum absolute atomic E-state index is 0.705. The Balaban J connectivity index is 2.18. The zero-order valence-corrected chi connectivity index (χ0v) is 10.6. The largest absolute Gasteiger partial charge is 0.388 e. The van der Waals surface area contributed by atoms with E-state index in [2.05, 4.69) is 15.3 Å². The number of anilines is 1. The summed E-state index contributed by atoms with van der Waals surface area (Å²) in [5.41, 5.74) is 4.80. The second-order valence-corrected chi connectivity index (χ2v) is 4.46. The molecular formula is C14H12ClN3. The highest BCUT2D eigenvalue weighted by atomic mass is 35.5. The van der Waals surface area contributed by atoms with Gasteiger partial charge in [0, 0.05) is 24.5 Å². The molecule has 3 aromatic rings. The van der Waals surface area contributed by atoms with Crippen LogP contribution in [0.2, 0.25) is 5.02 Å². The number of nitrogens with zero attached hydrogens (tertiary/aromatic N) is 1. The van der Waals surface area contributed by atoms with E-state index in [-0.39, 0.29) is 0 Å². The Morgan fingerprint density at radius 3 is 2.89 bits per heavy atom. The van der Waals surface area contributed by atoms with Gasteiger partial charge in [-0.05, 0) is 36.4 Å². The van der Waals surface area contributed by atoms with E-state index in [1.54, 1.807) is 0 Å².